The summed E-state index contributed by atoms with van der Waals surface area (Å²) in [6, 6.07) is 2.73. The molecular formula is C20H20FNO3S. The fourth-order valence-corrected chi connectivity index (χ4v) is 3.56. The number of ether oxygens (including phenoxy) is 1. The Balaban J connectivity index is 1.99. The Hall–Kier alpha value is -2.05. The van der Waals surface area contributed by atoms with E-state index < -0.39 is 65.4 Å². The molecule has 136 valence electrons. The number of hydrogen-bond donors (Lipinski definition) is 0. The molecule has 0 saturated heterocycles. The van der Waals surface area contributed by atoms with Crippen LogP contribution in [0.3, 0.4) is 0 Å². The predicted octanol–water partition coefficient (Wildman–Crippen LogP) is 3.89. The topological polar surface area (TPSA) is 46.6 Å². The fraction of sp³-hybridized carbons (Fsp3) is 0.400. The molecule has 0 N–H and O–H groups in total. The van der Waals surface area contributed by atoms with Crippen molar-refractivity contribution in [1.82, 2.24) is 4.90 Å². The zero-order valence-electron chi connectivity index (χ0n) is 20.8. The number of Topliss-reactive ketones (excluding diaryl/α,β-unsaturated/α-hetero) is 1. The van der Waals surface area contributed by atoms with Gasteiger partial charge in [-0.2, -0.15) is 0 Å². The zero-order valence-corrected chi connectivity index (χ0v) is 14.7. The van der Waals surface area contributed by atoms with E-state index in [1.807, 2.05) is 0 Å². The van der Waals surface area contributed by atoms with Crippen LogP contribution >= 0.6 is 11.3 Å². The van der Waals surface area contributed by atoms with Crippen molar-refractivity contribution < 1.29 is 28.3 Å². The van der Waals surface area contributed by atoms with Crippen LogP contribution in [-0.4, -0.2) is 23.1 Å². The van der Waals surface area contributed by atoms with Crippen LogP contribution in [0, 0.1) is 11.7 Å². The molecule has 1 aromatic carbocycles. The Kier molecular flexibility index (Phi) is 2.92. The highest BCUT2D eigenvalue weighted by atomic mass is 32.1. The summed E-state index contributed by atoms with van der Waals surface area (Å²) in [5.74, 6) is -2.81. The minimum absolute atomic E-state index is 0.275. The van der Waals surface area contributed by atoms with E-state index in [0.29, 0.717) is 29.1 Å². The van der Waals surface area contributed by atoms with Gasteiger partial charge in [0.1, 0.15) is 5.82 Å². The van der Waals surface area contributed by atoms with E-state index in [0.717, 1.165) is 13.0 Å². The Morgan fingerprint density at radius 1 is 1.42 bits per heavy atom. The predicted molar refractivity (Wildman–Crippen MR) is 96.6 cm³/mol. The molecule has 0 amide bonds. The summed E-state index contributed by atoms with van der Waals surface area (Å²) in [7, 11) is 0. The van der Waals surface area contributed by atoms with E-state index in [1.165, 1.54) is 18.2 Å². The number of halogens is 1. The molecule has 6 heteroatoms. The van der Waals surface area contributed by atoms with Gasteiger partial charge in [-0.3, -0.25) is 14.5 Å². The third kappa shape index (κ3) is 3.44. The SMILES string of the molecule is [2H]c1c(OC(C)=O)sc2c1C([2H])([2H])N(C(C(=O)C1CC1)c1ccccc1F)C([2H])([2H])C2([2H])[2H]. The second kappa shape index (κ2) is 6.93. The molecule has 0 radical (unpaired) electrons. The standard InChI is InChI=1S/C20H20FNO3S/c1-12(23)25-18-10-14-11-22(9-8-17(14)26-18)19(20(24)13-6-7-13)15-4-2-3-5-16(15)21/h2-5,10,13,19H,6-9,11H2,1H3/i8D2,9D2,10D,11D2. The summed E-state index contributed by atoms with van der Waals surface area (Å²) >= 11 is 0.470. The number of aryl methyl sites for hydroxylation is 1. The molecule has 2 heterocycles. The largest absolute Gasteiger partial charge is 0.416 e. The van der Waals surface area contributed by atoms with Crippen LogP contribution in [-0.2, 0) is 22.5 Å². The van der Waals surface area contributed by atoms with Crippen molar-refractivity contribution in [3.63, 3.8) is 0 Å². The van der Waals surface area contributed by atoms with E-state index in [4.69, 9.17) is 14.3 Å². The van der Waals surface area contributed by atoms with Crippen molar-refractivity contribution in [2.24, 2.45) is 5.92 Å². The molecule has 2 aliphatic rings. The monoisotopic (exact) mass is 380 g/mol. The second-order valence-corrected chi connectivity index (χ2v) is 7.11. The van der Waals surface area contributed by atoms with Crippen molar-refractivity contribution in [2.75, 3.05) is 6.50 Å². The number of fused-ring (bicyclic) bond motifs is 1. The second-order valence-electron chi connectivity index (χ2n) is 6.13. The molecule has 1 aromatic heterocycles. The first kappa shape index (κ1) is 10.9. The van der Waals surface area contributed by atoms with Gasteiger partial charge in [-0.15, -0.1) is 11.3 Å². The van der Waals surface area contributed by atoms with Gasteiger partial charge >= 0.3 is 5.97 Å². The van der Waals surface area contributed by atoms with Crippen molar-refractivity contribution in [3.05, 3.63) is 52.1 Å². The van der Waals surface area contributed by atoms with Gasteiger partial charge in [0.05, 0.1) is 7.41 Å². The summed E-state index contributed by atoms with van der Waals surface area (Å²) in [6.45, 7) is -4.98. The first-order valence-electron chi connectivity index (χ1n) is 11.6. The van der Waals surface area contributed by atoms with Gasteiger partial charge in [0.2, 0.25) is 0 Å². The molecule has 4 nitrogen and oxygen atoms in total. The Labute approximate surface area is 165 Å². The third-order valence-corrected chi connectivity index (χ3v) is 5.00. The summed E-state index contributed by atoms with van der Waals surface area (Å²) < 4.78 is 80.1. The number of nitrogens with zero attached hydrogens (tertiary/aromatic N) is 1. The van der Waals surface area contributed by atoms with Gasteiger partial charge in [0.25, 0.3) is 0 Å². The van der Waals surface area contributed by atoms with Crippen LogP contribution in [0.4, 0.5) is 4.39 Å². The van der Waals surface area contributed by atoms with Gasteiger partial charge in [-0.1, -0.05) is 18.2 Å². The van der Waals surface area contributed by atoms with Crippen LogP contribution < -0.4 is 4.74 Å². The van der Waals surface area contributed by atoms with Crippen LogP contribution in [0.5, 0.6) is 5.06 Å². The van der Waals surface area contributed by atoms with E-state index in [2.05, 4.69) is 0 Å². The van der Waals surface area contributed by atoms with Gasteiger partial charge in [-0.05, 0) is 36.9 Å². The maximum Gasteiger partial charge on any atom is 0.308 e. The normalized spacial score (nSPS) is 28.0. The number of rotatable bonds is 5. The Morgan fingerprint density at radius 2 is 2.19 bits per heavy atom. The molecule has 0 spiro atoms. The first-order valence-corrected chi connectivity index (χ1v) is 8.95. The average Bonchev–Trinajstić information content (AvgIpc) is 3.49. The van der Waals surface area contributed by atoms with Crippen molar-refractivity contribution in [3.8, 4) is 5.06 Å². The molecule has 26 heavy (non-hydrogen) atoms. The van der Waals surface area contributed by atoms with Crippen molar-refractivity contribution >= 4 is 23.1 Å². The van der Waals surface area contributed by atoms with Crippen LogP contribution in [0.25, 0.3) is 0 Å². The lowest BCUT2D eigenvalue weighted by Crippen LogP contribution is -2.38. The average molecular weight is 380 g/mol. The van der Waals surface area contributed by atoms with E-state index in [-0.39, 0.29) is 10.6 Å². The van der Waals surface area contributed by atoms with E-state index in [1.54, 1.807) is 0 Å². The Bertz CT molecular complexity index is 1150. The first-order chi connectivity index (χ1) is 15.2. The number of carbonyl (C=O) groups excluding carboxylic acids is 2. The molecule has 1 saturated carbocycles. The minimum Gasteiger partial charge on any atom is -0.416 e. The number of esters is 1. The minimum atomic E-state index is -3.13. The van der Waals surface area contributed by atoms with Gasteiger partial charge in [0, 0.05) is 44.5 Å². The molecule has 1 atom stereocenters. The van der Waals surface area contributed by atoms with E-state index >= 15 is 0 Å². The van der Waals surface area contributed by atoms with Gasteiger partial charge < -0.3 is 4.74 Å². The fourth-order valence-electron chi connectivity index (χ4n) is 2.77. The maximum atomic E-state index is 14.8. The number of hydrogen-bond acceptors (Lipinski definition) is 5. The van der Waals surface area contributed by atoms with Crippen molar-refractivity contribution in [1.29, 1.82) is 0 Å². The van der Waals surface area contributed by atoms with E-state index in [9.17, 15) is 14.0 Å². The number of ketones is 1. The van der Waals surface area contributed by atoms with Gasteiger partial charge in [0.15, 0.2) is 10.8 Å². The summed E-state index contributed by atoms with van der Waals surface area (Å²) in [5, 5.41) is -0.381. The quantitative estimate of drug-likeness (QED) is 0.739. The number of carbonyl (C=O) groups is 2. The number of thiophene rings is 1. The highest BCUT2D eigenvalue weighted by Crippen LogP contribution is 2.41. The molecular weight excluding hydrogens is 353 g/mol. The molecule has 1 aliphatic carbocycles. The van der Waals surface area contributed by atoms with Crippen LogP contribution in [0.15, 0.2) is 30.3 Å². The molecule has 1 fully saturated rings. The zero-order chi connectivity index (χ0) is 24.5. The van der Waals surface area contributed by atoms with Crippen LogP contribution in [0.2, 0.25) is 0 Å². The lowest BCUT2D eigenvalue weighted by atomic mass is 9.95. The molecule has 4 rings (SSSR count). The highest BCUT2D eigenvalue weighted by molar-refractivity contribution is 7.14. The summed E-state index contributed by atoms with van der Waals surface area (Å²) in [6.07, 6.45) is -1.94. The summed E-state index contributed by atoms with van der Waals surface area (Å²) in [5.41, 5.74) is -0.822. The lowest BCUT2D eigenvalue weighted by Gasteiger charge is -2.34. The third-order valence-electron chi connectivity index (χ3n) is 4.11. The molecule has 1 unspecified atom stereocenters. The Morgan fingerprint density at radius 3 is 2.88 bits per heavy atom. The lowest BCUT2D eigenvalue weighted by molar-refractivity contribution is -0.131. The van der Waals surface area contributed by atoms with Gasteiger partial charge in [-0.25, -0.2) is 4.39 Å². The molecule has 2 aromatic rings. The molecule has 0 bridgehead atoms. The number of benzene rings is 1. The maximum absolute atomic E-state index is 14.8. The summed E-state index contributed by atoms with van der Waals surface area (Å²) in [4.78, 5) is 24.7. The van der Waals surface area contributed by atoms with Crippen molar-refractivity contribution in [2.45, 2.75) is 38.7 Å². The van der Waals surface area contributed by atoms with Crippen LogP contribution in [0.1, 0.15) is 51.4 Å². The smallest absolute Gasteiger partial charge is 0.308 e. The highest BCUT2D eigenvalue weighted by Gasteiger charge is 2.40. The molecule has 1 aliphatic heterocycles.